The van der Waals surface area contributed by atoms with E-state index in [-0.39, 0.29) is 18.6 Å². The van der Waals surface area contributed by atoms with Gasteiger partial charge in [0, 0.05) is 41.0 Å². The Balaban J connectivity index is 1.90. The topological polar surface area (TPSA) is 108 Å². The average Bonchev–Trinajstić information content (AvgIpc) is 3.48. The molecule has 1 heterocycles. The Bertz CT molecular complexity index is 1500. The van der Waals surface area contributed by atoms with Crippen molar-refractivity contribution in [1.82, 2.24) is 0 Å². The molecule has 4 unspecified atom stereocenters. The summed E-state index contributed by atoms with van der Waals surface area (Å²) in [6.07, 6.45) is -1.61. The number of hydrogen-bond donors (Lipinski definition) is 0. The predicted octanol–water partition coefficient (Wildman–Crippen LogP) is 5.90. The lowest BCUT2D eigenvalue weighted by molar-refractivity contribution is -0.151. The molecule has 0 saturated heterocycles. The van der Waals surface area contributed by atoms with E-state index in [0.29, 0.717) is 62.3 Å². The summed E-state index contributed by atoms with van der Waals surface area (Å²) < 4.78 is 47.3. The van der Waals surface area contributed by atoms with E-state index in [1.54, 1.807) is 36.4 Å². The van der Waals surface area contributed by atoms with Gasteiger partial charge in [-0.2, -0.15) is 0 Å². The van der Waals surface area contributed by atoms with Gasteiger partial charge >= 0.3 is 11.9 Å². The molecule has 42 heavy (non-hydrogen) atoms. The molecule has 10 heteroatoms. The third kappa shape index (κ3) is 4.80. The summed E-state index contributed by atoms with van der Waals surface area (Å²) >= 11 is 0. The Morgan fingerprint density at radius 2 is 1.33 bits per heavy atom. The van der Waals surface area contributed by atoms with E-state index >= 15 is 0 Å². The number of carbonyl (C=O) groups excluding carboxylic acids is 2. The van der Waals surface area contributed by atoms with Crippen LogP contribution in [-0.2, 0) is 14.3 Å². The van der Waals surface area contributed by atoms with E-state index in [1.165, 1.54) is 35.4 Å². The highest BCUT2D eigenvalue weighted by atomic mass is 16.7. The lowest BCUT2D eigenvalue weighted by Gasteiger charge is -2.38. The largest absolute Gasteiger partial charge is 0.493 e. The van der Waals surface area contributed by atoms with Crippen LogP contribution in [0.15, 0.2) is 42.5 Å². The summed E-state index contributed by atoms with van der Waals surface area (Å²) in [6, 6.07) is 12.3. The highest BCUT2D eigenvalue weighted by Gasteiger charge is 2.44. The summed E-state index contributed by atoms with van der Waals surface area (Å²) in [5, 5.41) is 0. The molecule has 0 fully saturated rings. The van der Waals surface area contributed by atoms with Crippen molar-refractivity contribution in [1.29, 1.82) is 0 Å². The minimum absolute atomic E-state index is 0.00792. The molecule has 2 aliphatic rings. The zero-order valence-electron chi connectivity index (χ0n) is 24.6. The Morgan fingerprint density at radius 1 is 0.738 bits per heavy atom. The third-order valence-corrected chi connectivity index (χ3v) is 7.90. The smallest absolute Gasteiger partial charge is 0.338 e. The molecule has 0 radical (unpaired) electrons. The van der Waals surface area contributed by atoms with Crippen LogP contribution in [0.1, 0.15) is 54.5 Å². The maximum Gasteiger partial charge on any atom is 0.338 e. The van der Waals surface area contributed by atoms with Gasteiger partial charge in [0.05, 0.1) is 34.0 Å². The van der Waals surface area contributed by atoms with Crippen LogP contribution < -0.4 is 28.4 Å². The molecule has 0 aromatic heterocycles. The van der Waals surface area contributed by atoms with E-state index in [9.17, 15) is 9.59 Å². The Morgan fingerprint density at radius 3 is 1.93 bits per heavy atom. The number of fused-ring (bicyclic) bond motifs is 4. The molecule has 1 aliphatic carbocycles. The molecule has 0 saturated carbocycles. The normalized spacial score (nSPS) is 20.3. The Labute approximate surface area is 244 Å². The van der Waals surface area contributed by atoms with Crippen LogP contribution in [0, 0.1) is 11.8 Å². The summed E-state index contributed by atoms with van der Waals surface area (Å²) in [6.45, 7) is 5.25. The van der Waals surface area contributed by atoms with Gasteiger partial charge in [0.1, 0.15) is 12.2 Å². The maximum atomic E-state index is 13.5. The van der Waals surface area contributed by atoms with Gasteiger partial charge in [-0.05, 0) is 24.3 Å². The van der Waals surface area contributed by atoms with Gasteiger partial charge in [0.2, 0.25) is 18.3 Å². The minimum Gasteiger partial charge on any atom is -0.493 e. The first-order valence-corrected chi connectivity index (χ1v) is 13.5. The molecule has 0 bridgehead atoms. The van der Waals surface area contributed by atoms with Crippen molar-refractivity contribution in [3.05, 3.63) is 59.2 Å². The monoisotopic (exact) mass is 578 g/mol. The van der Waals surface area contributed by atoms with Gasteiger partial charge in [-0.3, -0.25) is 4.79 Å². The summed E-state index contributed by atoms with van der Waals surface area (Å²) in [7, 11) is 6.05. The lowest BCUT2D eigenvalue weighted by Crippen LogP contribution is -2.31. The zero-order valence-corrected chi connectivity index (χ0v) is 24.6. The van der Waals surface area contributed by atoms with Gasteiger partial charge in [-0.15, -0.1) is 0 Å². The maximum absolute atomic E-state index is 13.5. The molecular formula is C32H34O10. The molecule has 10 nitrogen and oxygen atoms in total. The van der Waals surface area contributed by atoms with Crippen molar-refractivity contribution < 1.29 is 47.5 Å². The number of carbonyl (C=O) groups is 2. The summed E-state index contributed by atoms with van der Waals surface area (Å²) in [5.41, 5.74) is 2.65. The number of rotatable bonds is 7. The van der Waals surface area contributed by atoms with Crippen molar-refractivity contribution in [3.8, 4) is 45.6 Å². The number of hydrogen-bond acceptors (Lipinski definition) is 10. The van der Waals surface area contributed by atoms with Gasteiger partial charge in [-0.25, -0.2) is 4.79 Å². The number of esters is 2. The number of methoxy groups -OCH3 is 4. The first-order chi connectivity index (χ1) is 20.2. The molecule has 4 atom stereocenters. The predicted molar refractivity (Wildman–Crippen MR) is 152 cm³/mol. The molecule has 0 spiro atoms. The fraction of sp³-hybridized carbons (Fsp3) is 0.375. The van der Waals surface area contributed by atoms with Crippen LogP contribution in [-0.4, -0.2) is 47.2 Å². The van der Waals surface area contributed by atoms with Gasteiger partial charge in [-0.1, -0.05) is 32.0 Å². The van der Waals surface area contributed by atoms with Crippen molar-refractivity contribution in [3.63, 3.8) is 0 Å². The molecule has 222 valence electrons. The van der Waals surface area contributed by atoms with E-state index in [2.05, 4.69) is 0 Å². The fourth-order valence-corrected chi connectivity index (χ4v) is 5.76. The van der Waals surface area contributed by atoms with Crippen LogP contribution >= 0.6 is 0 Å². The van der Waals surface area contributed by atoms with E-state index in [1.807, 2.05) is 19.9 Å². The van der Waals surface area contributed by atoms with Crippen LogP contribution in [0.4, 0.5) is 0 Å². The molecule has 5 rings (SSSR count). The van der Waals surface area contributed by atoms with Crippen LogP contribution in [0.5, 0.6) is 34.5 Å². The Hall–Kier alpha value is -4.60. The van der Waals surface area contributed by atoms with Crippen LogP contribution in [0.3, 0.4) is 0 Å². The second kappa shape index (κ2) is 11.7. The molecule has 0 N–H and O–H groups in total. The fourth-order valence-electron chi connectivity index (χ4n) is 5.76. The number of ether oxygens (including phenoxy) is 8. The second-order valence-corrected chi connectivity index (χ2v) is 10.2. The van der Waals surface area contributed by atoms with Crippen LogP contribution in [0.25, 0.3) is 11.1 Å². The van der Waals surface area contributed by atoms with Crippen LogP contribution in [0.2, 0.25) is 0 Å². The zero-order chi connectivity index (χ0) is 30.1. The quantitative estimate of drug-likeness (QED) is 0.314. The van der Waals surface area contributed by atoms with Gasteiger partial charge < -0.3 is 37.9 Å². The van der Waals surface area contributed by atoms with Crippen molar-refractivity contribution >= 4 is 11.9 Å². The molecule has 1 aliphatic heterocycles. The molecule has 3 aromatic carbocycles. The average molecular weight is 579 g/mol. The molecule has 3 aromatic rings. The first-order valence-electron chi connectivity index (χ1n) is 13.5. The summed E-state index contributed by atoms with van der Waals surface area (Å²) in [5.74, 6) is 0.507. The SMILES string of the molecule is COc1cc2c(c(OC)c1OC)-c1c(cc3c(c1OC)OCO3)C(OC(C)=O)C(C)C(C)C2OC(=O)c1ccccc1. The Kier molecular flexibility index (Phi) is 8.06. The first kappa shape index (κ1) is 28.9. The molecule has 0 amide bonds. The second-order valence-electron chi connectivity index (χ2n) is 10.2. The summed E-state index contributed by atoms with van der Waals surface area (Å²) in [4.78, 5) is 26.0. The highest BCUT2D eigenvalue weighted by Crippen LogP contribution is 2.60. The number of benzene rings is 3. The van der Waals surface area contributed by atoms with Crippen molar-refractivity contribution in [2.75, 3.05) is 35.2 Å². The van der Waals surface area contributed by atoms with E-state index < -0.39 is 24.1 Å². The van der Waals surface area contributed by atoms with E-state index in [4.69, 9.17) is 37.9 Å². The van der Waals surface area contributed by atoms with E-state index in [0.717, 1.165) is 0 Å². The van der Waals surface area contributed by atoms with Gasteiger partial charge in [0.15, 0.2) is 23.0 Å². The lowest BCUT2D eigenvalue weighted by atomic mass is 9.74. The van der Waals surface area contributed by atoms with Crippen molar-refractivity contribution in [2.45, 2.75) is 33.0 Å². The molecular weight excluding hydrogens is 544 g/mol. The van der Waals surface area contributed by atoms with Crippen molar-refractivity contribution in [2.24, 2.45) is 11.8 Å². The van der Waals surface area contributed by atoms with Gasteiger partial charge in [0.25, 0.3) is 0 Å². The highest BCUT2D eigenvalue weighted by molar-refractivity contribution is 5.91. The standard InChI is InChI=1S/C32H34O10/c1-16-17(2)27(42-32(34)19-11-9-8-10-12-19)20-13-22(35-4)28(36-5)30(37-6)24(20)25-21(26(16)41-18(3)33)14-23-29(31(25)38-7)40-15-39-23/h8-14,16-17,26-27H,15H2,1-7H3. The third-order valence-electron chi connectivity index (χ3n) is 7.90. The minimum atomic E-state index is -0.835.